The number of para-hydroxylation sites is 1. The number of benzene rings is 2. The maximum atomic E-state index is 13.1. The summed E-state index contributed by atoms with van der Waals surface area (Å²) >= 11 is 0. The zero-order chi connectivity index (χ0) is 23.2. The van der Waals surface area contributed by atoms with Gasteiger partial charge in [0.1, 0.15) is 0 Å². The first-order valence-electron chi connectivity index (χ1n) is 10.3. The molecule has 0 radical (unpaired) electrons. The van der Waals surface area contributed by atoms with Crippen molar-refractivity contribution in [3.8, 4) is 22.8 Å². The van der Waals surface area contributed by atoms with Crippen molar-refractivity contribution in [2.24, 2.45) is 0 Å². The molecule has 0 saturated heterocycles. The number of carbonyl (C=O) groups is 1. The summed E-state index contributed by atoms with van der Waals surface area (Å²) in [6.45, 7) is -2.59. The fourth-order valence-corrected chi connectivity index (χ4v) is 3.51. The number of ether oxygens (including phenoxy) is 2. The second kappa shape index (κ2) is 10.0. The number of hydrogen-bond acceptors (Lipinski definition) is 5. The Morgan fingerprint density at radius 2 is 1.82 bits per heavy atom. The van der Waals surface area contributed by atoms with Crippen LogP contribution in [-0.2, 0) is 6.42 Å². The van der Waals surface area contributed by atoms with E-state index in [-0.39, 0.29) is 17.4 Å². The molecule has 2 heterocycles. The predicted octanol–water partition coefficient (Wildman–Crippen LogP) is 4.88. The quantitative estimate of drug-likeness (QED) is 0.415. The number of halogens is 2. The maximum Gasteiger partial charge on any atom is 0.387 e. The van der Waals surface area contributed by atoms with Gasteiger partial charge in [-0.05, 0) is 48.4 Å². The molecule has 0 saturated carbocycles. The molecule has 4 aromatic rings. The second-order valence-electron chi connectivity index (χ2n) is 7.18. The number of amides is 1. The van der Waals surface area contributed by atoms with Crippen LogP contribution in [0.1, 0.15) is 15.9 Å². The van der Waals surface area contributed by atoms with E-state index in [1.807, 2.05) is 36.4 Å². The lowest BCUT2D eigenvalue weighted by Gasteiger charge is -2.12. The lowest BCUT2D eigenvalue weighted by Crippen LogP contribution is -2.26. The van der Waals surface area contributed by atoms with Crippen LogP contribution in [0.4, 0.5) is 8.78 Å². The van der Waals surface area contributed by atoms with Crippen LogP contribution in [0.5, 0.6) is 11.5 Å². The zero-order valence-corrected chi connectivity index (χ0v) is 17.8. The lowest BCUT2D eigenvalue weighted by atomic mass is 10.0. The summed E-state index contributed by atoms with van der Waals surface area (Å²) in [6, 6.07) is 17.6. The third kappa shape index (κ3) is 5.23. The van der Waals surface area contributed by atoms with Crippen LogP contribution >= 0.6 is 0 Å². The molecule has 0 aliphatic heterocycles. The summed E-state index contributed by atoms with van der Waals surface area (Å²) in [6.07, 6.45) is 3.84. The number of aromatic nitrogens is 2. The highest BCUT2D eigenvalue weighted by Crippen LogP contribution is 2.29. The van der Waals surface area contributed by atoms with E-state index in [1.54, 1.807) is 30.6 Å². The van der Waals surface area contributed by atoms with Gasteiger partial charge in [-0.3, -0.25) is 9.78 Å². The lowest BCUT2D eigenvalue weighted by molar-refractivity contribution is -0.0512. The molecule has 0 bridgehead atoms. The van der Waals surface area contributed by atoms with Gasteiger partial charge < -0.3 is 14.8 Å². The zero-order valence-electron chi connectivity index (χ0n) is 17.8. The molecule has 8 heteroatoms. The van der Waals surface area contributed by atoms with Crippen LogP contribution in [0.2, 0.25) is 0 Å². The van der Waals surface area contributed by atoms with E-state index in [2.05, 4.69) is 20.0 Å². The van der Waals surface area contributed by atoms with Gasteiger partial charge in [0, 0.05) is 29.9 Å². The first-order valence-corrected chi connectivity index (χ1v) is 10.3. The molecule has 33 heavy (non-hydrogen) atoms. The topological polar surface area (TPSA) is 73.3 Å². The molecular formula is C25H21F2N3O3. The summed E-state index contributed by atoms with van der Waals surface area (Å²) in [5.41, 5.74) is 3.59. The van der Waals surface area contributed by atoms with E-state index in [0.29, 0.717) is 24.2 Å². The van der Waals surface area contributed by atoms with E-state index in [1.165, 1.54) is 13.2 Å². The highest BCUT2D eigenvalue weighted by molar-refractivity contribution is 6.07. The molecule has 2 aromatic heterocycles. The Hall–Kier alpha value is -4.07. The van der Waals surface area contributed by atoms with E-state index >= 15 is 0 Å². The van der Waals surface area contributed by atoms with Gasteiger partial charge in [-0.2, -0.15) is 8.78 Å². The van der Waals surface area contributed by atoms with Crippen molar-refractivity contribution in [2.75, 3.05) is 13.7 Å². The van der Waals surface area contributed by atoms with Gasteiger partial charge in [-0.25, -0.2) is 4.98 Å². The molecule has 0 fully saturated rings. The molecule has 2 aromatic carbocycles. The Morgan fingerprint density at radius 3 is 2.58 bits per heavy atom. The number of alkyl halides is 2. The van der Waals surface area contributed by atoms with E-state index in [0.717, 1.165) is 22.0 Å². The Labute approximate surface area is 189 Å². The van der Waals surface area contributed by atoms with Crippen LogP contribution in [0.3, 0.4) is 0 Å². The minimum absolute atomic E-state index is 0.0350. The average molecular weight is 449 g/mol. The van der Waals surface area contributed by atoms with Crippen molar-refractivity contribution in [1.82, 2.24) is 15.3 Å². The van der Waals surface area contributed by atoms with E-state index in [9.17, 15) is 13.6 Å². The number of nitrogens with zero attached hydrogens (tertiary/aromatic N) is 2. The monoisotopic (exact) mass is 449 g/mol. The van der Waals surface area contributed by atoms with Crippen LogP contribution in [0, 0.1) is 0 Å². The molecular weight excluding hydrogens is 428 g/mol. The number of rotatable bonds is 8. The average Bonchev–Trinajstić information content (AvgIpc) is 2.84. The number of methoxy groups -OCH3 is 1. The molecule has 168 valence electrons. The van der Waals surface area contributed by atoms with Gasteiger partial charge in [0.25, 0.3) is 5.91 Å². The Morgan fingerprint density at radius 1 is 1.03 bits per heavy atom. The molecule has 0 atom stereocenters. The SMILES string of the molecule is COc1cc(CCNC(=O)c2cc(-c3ccncc3)nc3ccccc23)ccc1OC(F)F. The fraction of sp³-hybridized carbons (Fsp3) is 0.160. The molecule has 1 amide bonds. The van der Waals surface area contributed by atoms with Crippen LogP contribution in [0.15, 0.2) is 73.1 Å². The normalized spacial score (nSPS) is 10.9. The van der Waals surface area contributed by atoms with Gasteiger partial charge >= 0.3 is 6.61 Å². The number of hydrogen-bond donors (Lipinski definition) is 1. The van der Waals surface area contributed by atoms with E-state index < -0.39 is 6.61 Å². The Kier molecular flexibility index (Phi) is 6.73. The Bertz CT molecular complexity index is 1270. The molecule has 0 unspecified atom stereocenters. The second-order valence-corrected chi connectivity index (χ2v) is 7.18. The predicted molar refractivity (Wildman–Crippen MR) is 121 cm³/mol. The molecule has 0 aliphatic rings. The van der Waals surface area contributed by atoms with Crippen molar-refractivity contribution >= 4 is 16.8 Å². The molecule has 6 nitrogen and oxygen atoms in total. The molecule has 4 rings (SSSR count). The number of fused-ring (bicyclic) bond motifs is 1. The summed E-state index contributed by atoms with van der Waals surface area (Å²) in [5.74, 6) is -0.0537. The largest absolute Gasteiger partial charge is 0.493 e. The maximum absolute atomic E-state index is 13.1. The van der Waals surface area contributed by atoms with Crippen molar-refractivity contribution in [3.63, 3.8) is 0 Å². The summed E-state index contributed by atoms with van der Waals surface area (Å²) < 4.78 is 34.6. The number of carbonyl (C=O) groups excluding carboxylic acids is 1. The highest BCUT2D eigenvalue weighted by Gasteiger charge is 2.15. The standard InChI is InChI=1S/C25H21F2N3O3/c1-32-23-14-16(6-7-22(23)33-25(26)27)8-13-29-24(31)19-15-21(17-9-11-28-12-10-17)30-20-5-3-2-4-18(19)20/h2-7,9-12,14-15,25H,8,13H2,1H3,(H,29,31). The fourth-order valence-electron chi connectivity index (χ4n) is 3.51. The van der Waals surface area contributed by atoms with Gasteiger partial charge in [-0.1, -0.05) is 24.3 Å². The van der Waals surface area contributed by atoms with Crippen molar-refractivity contribution < 1.29 is 23.0 Å². The van der Waals surface area contributed by atoms with Gasteiger partial charge in [0.05, 0.1) is 23.9 Å². The van der Waals surface area contributed by atoms with Crippen LogP contribution in [-0.4, -0.2) is 36.1 Å². The Balaban J connectivity index is 1.51. The van der Waals surface area contributed by atoms with Crippen molar-refractivity contribution in [3.05, 3.63) is 84.2 Å². The summed E-state index contributed by atoms with van der Waals surface area (Å²) in [7, 11) is 1.38. The molecule has 1 N–H and O–H groups in total. The smallest absolute Gasteiger partial charge is 0.387 e. The van der Waals surface area contributed by atoms with Crippen LogP contribution in [0.25, 0.3) is 22.2 Å². The molecule has 0 aliphatic carbocycles. The van der Waals surface area contributed by atoms with Crippen molar-refractivity contribution in [2.45, 2.75) is 13.0 Å². The highest BCUT2D eigenvalue weighted by atomic mass is 19.3. The van der Waals surface area contributed by atoms with Gasteiger partial charge in [0.2, 0.25) is 0 Å². The number of pyridine rings is 2. The summed E-state index contributed by atoms with van der Waals surface area (Å²) in [5, 5.41) is 3.68. The number of nitrogens with one attached hydrogen (secondary N) is 1. The third-order valence-electron chi connectivity index (χ3n) is 5.08. The third-order valence-corrected chi connectivity index (χ3v) is 5.08. The van der Waals surface area contributed by atoms with Crippen LogP contribution < -0.4 is 14.8 Å². The van der Waals surface area contributed by atoms with Gasteiger partial charge in [0.15, 0.2) is 11.5 Å². The van der Waals surface area contributed by atoms with E-state index in [4.69, 9.17) is 4.74 Å². The minimum Gasteiger partial charge on any atom is -0.493 e. The van der Waals surface area contributed by atoms with Crippen molar-refractivity contribution in [1.29, 1.82) is 0 Å². The minimum atomic E-state index is -2.93. The first-order chi connectivity index (χ1) is 16.0. The first kappa shape index (κ1) is 22.1. The molecule has 0 spiro atoms. The summed E-state index contributed by atoms with van der Waals surface area (Å²) in [4.78, 5) is 21.8. The van der Waals surface area contributed by atoms with Gasteiger partial charge in [-0.15, -0.1) is 0 Å².